The number of aryl methyl sites for hydroxylation is 1. The zero-order valence-electron chi connectivity index (χ0n) is 32.0. The molecule has 4 heteroatoms. The summed E-state index contributed by atoms with van der Waals surface area (Å²) < 4.78 is 0. The van der Waals surface area contributed by atoms with E-state index in [1.807, 2.05) is 6.92 Å². The number of rotatable bonds is 8. The quantitative estimate of drug-likeness (QED) is 0.207. The highest BCUT2D eigenvalue weighted by atomic mass is 16.3. The van der Waals surface area contributed by atoms with Crippen LogP contribution in [0.1, 0.15) is 124 Å². The van der Waals surface area contributed by atoms with E-state index < -0.39 is 0 Å². The average molecular weight is 681 g/mol. The highest BCUT2D eigenvalue weighted by Gasteiger charge is 2.63. The lowest BCUT2D eigenvalue weighted by Crippen LogP contribution is -2.61. The minimum absolute atomic E-state index is 0.123. The normalized spacial score (nSPS) is 45.9. The summed E-state index contributed by atoms with van der Waals surface area (Å²) in [6.45, 7) is 17.0. The molecule has 6 fully saturated rings. The summed E-state index contributed by atoms with van der Waals surface area (Å²) in [5.74, 6) is 4.94. The summed E-state index contributed by atoms with van der Waals surface area (Å²) >= 11 is 0. The first-order chi connectivity index (χ1) is 23.9. The van der Waals surface area contributed by atoms with E-state index in [9.17, 15) is 10.2 Å². The number of benzene rings is 1. The van der Waals surface area contributed by atoms with E-state index in [4.69, 9.17) is 0 Å². The van der Waals surface area contributed by atoms with Gasteiger partial charge in [0.2, 0.25) is 0 Å². The summed E-state index contributed by atoms with van der Waals surface area (Å²) in [5.41, 5.74) is 8.65. The van der Waals surface area contributed by atoms with Crippen LogP contribution in [0.15, 0.2) is 65.3 Å². The van der Waals surface area contributed by atoms with Crippen molar-refractivity contribution in [1.29, 1.82) is 0 Å². The summed E-state index contributed by atoms with van der Waals surface area (Å²) in [4.78, 5) is 0. The summed E-state index contributed by atoms with van der Waals surface area (Å²) in [7, 11) is 0. The van der Waals surface area contributed by atoms with Crippen LogP contribution in [0.25, 0.3) is 0 Å². The van der Waals surface area contributed by atoms with Gasteiger partial charge in [0.1, 0.15) is 0 Å². The first-order valence-electron chi connectivity index (χ1n) is 20.9. The van der Waals surface area contributed by atoms with E-state index in [1.165, 1.54) is 88.2 Å². The molecule has 0 aromatic heterocycles. The van der Waals surface area contributed by atoms with Crippen LogP contribution in [0.4, 0.5) is 0 Å². The van der Waals surface area contributed by atoms with Crippen LogP contribution in [-0.4, -0.2) is 46.6 Å². The van der Waals surface area contributed by atoms with Gasteiger partial charge in [0.25, 0.3) is 0 Å². The molecule has 1 spiro atoms. The molecule has 8 rings (SSSR count). The van der Waals surface area contributed by atoms with E-state index >= 15 is 0 Å². The Bertz CT molecular complexity index is 1500. The summed E-state index contributed by atoms with van der Waals surface area (Å²) in [6, 6.07) is 11.8. The molecule has 4 N–H and O–H groups in total. The van der Waals surface area contributed by atoms with Crippen LogP contribution in [0.2, 0.25) is 0 Å². The Kier molecular flexibility index (Phi) is 9.39. The SMILES string of the molecule is C=C(C)C1CC2=C(C)C=C(C3CCC4CC5CC6CC(NCC(C)O)C(O)CC6C5C4(C)N3)CC2(C)C2(CCC(CCc3ccccc3)C2)C1. The summed E-state index contributed by atoms with van der Waals surface area (Å²) in [5, 5.41) is 29.2. The lowest BCUT2D eigenvalue weighted by molar-refractivity contribution is 0.00418. The van der Waals surface area contributed by atoms with Crippen molar-refractivity contribution >= 4 is 0 Å². The fourth-order valence-electron chi connectivity index (χ4n) is 14.2. The Morgan fingerprint density at radius 3 is 2.60 bits per heavy atom. The van der Waals surface area contributed by atoms with Gasteiger partial charge >= 0.3 is 0 Å². The molecular weight excluding hydrogens is 613 g/mol. The van der Waals surface area contributed by atoms with Gasteiger partial charge in [-0.15, -0.1) is 0 Å². The van der Waals surface area contributed by atoms with Gasteiger partial charge in [0, 0.05) is 24.2 Å². The molecule has 14 atom stereocenters. The highest BCUT2D eigenvalue weighted by Crippen LogP contribution is 2.69. The molecule has 1 aromatic carbocycles. The van der Waals surface area contributed by atoms with Crippen LogP contribution in [0.3, 0.4) is 0 Å². The van der Waals surface area contributed by atoms with Crippen LogP contribution in [0, 0.1) is 52.3 Å². The molecule has 0 radical (unpaired) electrons. The molecule has 7 aliphatic rings. The number of fused-ring (bicyclic) bond motifs is 7. The molecule has 1 aliphatic heterocycles. The molecule has 5 saturated carbocycles. The third kappa shape index (κ3) is 5.95. The zero-order valence-corrected chi connectivity index (χ0v) is 32.0. The Hall–Kier alpha value is -1.72. The van der Waals surface area contributed by atoms with Crippen molar-refractivity contribution in [3.8, 4) is 0 Å². The molecule has 4 nitrogen and oxygen atoms in total. The van der Waals surface area contributed by atoms with Crippen molar-refractivity contribution in [2.24, 2.45) is 52.3 Å². The molecule has 0 bridgehead atoms. The van der Waals surface area contributed by atoms with Gasteiger partial charge < -0.3 is 20.8 Å². The summed E-state index contributed by atoms with van der Waals surface area (Å²) in [6.07, 6.45) is 19.7. The van der Waals surface area contributed by atoms with Crippen molar-refractivity contribution in [2.45, 2.75) is 154 Å². The van der Waals surface area contributed by atoms with Gasteiger partial charge in [0.15, 0.2) is 0 Å². The Morgan fingerprint density at radius 2 is 1.84 bits per heavy atom. The number of hydrogen-bond acceptors (Lipinski definition) is 4. The number of piperidine rings is 1. The van der Waals surface area contributed by atoms with E-state index in [0.29, 0.717) is 41.7 Å². The molecule has 1 saturated heterocycles. The van der Waals surface area contributed by atoms with Gasteiger partial charge in [-0.1, -0.05) is 72.2 Å². The van der Waals surface area contributed by atoms with Crippen molar-refractivity contribution in [3.05, 3.63) is 70.8 Å². The van der Waals surface area contributed by atoms with E-state index in [2.05, 4.69) is 81.3 Å². The van der Waals surface area contributed by atoms with E-state index in [1.54, 1.807) is 16.7 Å². The fourth-order valence-corrected chi connectivity index (χ4v) is 14.2. The monoisotopic (exact) mass is 681 g/mol. The van der Waals surface area contributed by atoms with Gasteiger partial charge in [-0.2, -0.15) is 0 Å². The second kappa shape index (κ2) is 13.3. The Morgan fingerprint density at radius 1 is 1.04 bits per heavy atom. The van der Waals surface area contributed by atoms with Crippen LogP contribution in [0.5, 0.6) is 0 Å². The maximum atomic E-state index is 11.3. The molecule has 1 aromatic rings. The number of nitrogens with one attached hydrogen (secondary N) is 2. The van der Waals surface area contributed by atoms with E-state index in [0.717, 1.165) is 30.6 Å². The predicted octanol–water partition coefficient (Wildman–Crippen LogP) is 8.94. The van der Waals surface area contributed by atoms with Gasteiger partial charge in [-0.25, -0.2) is 0 Å². The molecule has 0 amide bonds. The Balaban J connectivity index is 1.02. The van der Waals surface area contributed by atoms with Crippen molar-refractivity contribution in [3.63, 3.8) is 0 Å². The largest absolute Gasteiger partial charge is 0.392 e. The molecule has 1 heterocycles. The van der Waals surface area contributed by atoms with Gasteiger partial charge in [-0.3, -0.25) is 0 Å². The van der Waals surface area contributed by atoms with Gasteiger partial charge in [-0.05, 0) is 175 Å². The van der Waals surface area contributed by atoms with Crippen LogP contribution < -0.4 is 10.6 Å². The second-order valence-electron chi connectivity index (χ2n) is 19.6. The molecule has 274 valence electrons. The third-order valence-electron chi connectivity index (χ3n) is 16.7. The third-order valence-corrected chi connectivity index (χ3v) is 16.7. The van der Waals surface area contributed by atoms with Crippen LogP contribution >= 0.6 is 0 Å². The maximum absolute atomic E-state index is 11.3. The van der Waals surface area contributed by atoms with E-state index in [-0.39, 0.29) is 29.2 Å². The average Bonchev–Trinajstić information content (AvgIpc) is 3.74. The first kappa shape index (κ1) is 35.3. The number of aliphatic hydroxyl groups excluding tert-OH is 2. The highest BCUT2D eigenvalue weighted by molar-refractivity contribution is 5.44. The zero-order chi connectivity index (χ0) is 35.0. The van der Waals surface area contributed by atoms with Crippen LogP contribution in [-0.2, 0) is 6.42 Å². The molecular formula is C46H68N2O2. The maximum Gasteiger partial charge on any atom is 0.0696 e. The topological polar surface area (TPSA) is 64.5 Å². The standard InChI is InChI=1S/C46H68N2O2/c1-28(2)35-21-39-29(3)18-36(25-44(39,5)46(26-35)17-16-32(24-46)13-12-31-10-8-7-9-11-31)40-15-14-37-20-34-19-33-22-41(47-27-30(4)49)42(50)23-38(33)43(34)45(37,6)48-40/h7-11,18,30,32-35,37-38,40-43,47-50H,1,12-17,19-27H2,2-6H3. The molecule has 14 unspecified atom stereocenters. The predicted molar refractivity (Wildman–Crippen MR) is 206 cm³/mol. The van der Waals surface area contributed by atoms with Crippen molar-refractivity contribution in [2.75, 3.05) is 6.54 Å². The smallest absolute Gasteiger partial charge is 0.0696 e. The molecule has 6 aliphatic carbocycles. The van der Waals surface area contributed by atoms with Crippen molar-refractivity contribution in [1.82, 2.24) is 10.6 Å². The number of allylic oxidation sites excluding steroid dienone is 4. The minimum Gasteiger partial charge on any atom is -0.392 e. The molecule has 50 heavy (non-hydrogen) atoms. The minimum atomic E-state index is -0.373. The fraction of sp³-hybridized carbons (Fsp3) is 0.739. The van der Waals surface area contributed by atoms with Gasteiger partial charge in [0.05, 0.1) is 12.2 Å². The number of hydrogen-bond donors (Lipinski definition) is 4. The number of aliphatic hydroxyl groups is 2. The Labute approximate surface area is 304 Å². The lowest BCUT2D eigenvalue weighted by atomic mass is 9.47. The lowest BCUT2D eigenvalue weighted by Gasteiger charge is -2.58. The second-order valence-corrected chi connectivity index (χ2v) is 19.6. The first-order valence-corrected chi connectivity index (χ1v) is 20.9. The van der Waals surface area contributed by atoms with Crippen molar-refractivity contribution < 1.29 is 10.2 Å².